The molecule has 0 saturated carbocycles. The minimum Gasteiger partial charge on any atom is -0.337 e. The highest BCUT2D eigenvalue weighted by molar-refractivity contribution is 6.33. The molecule has 5 heteroatoms. The zero-order valence-corrected chi connectivity index (χ0v) is 13.4. The van der Waals surface area contributed by atoms with Gasteiger partial charge in [-0.25, -0.2) is 4.68 Å². The molecule has 0 atom stereocenters. The lowest BCUT2D eigenvalue weighted by Gasteiger charge is -2.16. The summed E-state index contributed by atoms with van der Waals surface area (Å²) in [4.78, 5) is 14.1. The van der Waals surface area contributed by atoms with Gasteiger partial charge in [0.1, 0.15) is 0 Å². The summed E-state index contributed by atoms with van der Waals surface area (Å²) >= 11 is 6.09. The molecule has 4 nitrogen and oxygen atoms in total. The van der Waals surface area contributed by atoms with Crippen molar-refractivity contribution in [2.45, 2.75) is 6.54 Å². The summed E-state index contributed by atoms with van der Waals surface area (Å²) in [5.41, 5.74) is 2.45. The van der Waals surface area contributed by atoms with Crippen LogP contribution in [0.4, 0.5) is 0 Å². The molecule has 1 amide bonds. The predicted molar refractivity (Wildman–Crippen MR) is 90.8 cm³/mol. The maximum Gasteiger partial charge on any atom is 0.255 e. The van der Waals surface area contributed by atoms with Crippen molar-refractivity contribution in [3.63, 3.8) is 0 Å². The number of rotatable bonds is 4. The standard InChI is InChI=1S/C18H16ClN3O/c1-21(18(23)16-9-5-6-10-17(16)19)12-14-11-20-22(13-14)15-7-3-2-4-8-15/h2-11,13H,12H2,1H3. The normalized spacial score (nSPS) is 10.5. The molecule has 0 aliphatic rings. The highest BCUT2D eigenvalue weighted by atomic mass is 35.5. The van der Waals surface area contributed by atoms with E-state index >= 15 is 0 Å². The molecule has 0 spiro atoms. The molecule has 2 aromatic carbocycles. The van der Waals surface area contributed by atoms with Crippen LogP contribution in [0, 0.1) is 0 Å². The third-order valence-corrected chi connectivity index (χ3v) is 3.86. The van der Waals surface area contributed by atoms with Gasteiger partial charge in [0.05, 0.1) is 22.5 Å². The molecule has 3 aromatic rings. The number of aromatic nitrogens is 2. The molecule has 0 N–H and O–H groups in total. The fraction of sp³-hybridized carbons (Fsp3) is 0.111. The van der Waals surface area contributed by atoms with Crippen LogP contribution in [0.1, 0.15) is 15.9 Å². The van der Waals surface area contributed by atoms with Crippen molar-refractivity contribution in [3.8, 4) is 5.69 Å². The van der Waals surface area contributed by atoms with Gasteiger partial charge in [0, 0.05) is 25.4 Å². The smallest absolute Gasteiger partial charge is 0.255 e. The number of nitrogens with zero attached hydrogens (tertiary/aromatic N) is 3. The molecular formula is C18H16ClN3O. The average Bonchev–Trinajstić information content (AvgIpc) is 3.04. The molecule has 3 rings (SSSR count). The summed E-state index contributed by atoms with van der Waals surface area (Å²) in [5, 5.41) is 4.80. The number of hydrogen-bond acceptors (Lipinski definition) is 2. The quantitative estimate of drug-likeness (QED) is 0.732. The lowest BCUT2D eigenvalue weighted by Crippen LogP contribution is -2.26. The molecular weight excluding hydrogens is 310 g/mol. The number of para-hydroxylation sites is 1. The first kappa shape index (κ1) is 15.3. The number of halogens is 1. The van der Waals surface area contributed by atoms with E-state index in [0.29, 0.717) is 17.1 Å². The van der Waals surface area contributed by atoms with E-state index in [1.807, 2.05) is 42.6 Å². The number of amides is 1. The Morgan fingerprint density at radius 2 is 1.83 bits per heavy atom. The Hall–Kier alpha value is -2.59. The Bertz CT molecular complexity index is 814. The van der Waals surface area contributed by atoms with Crippen molar-refractivity contribution in [3.05, 3.63) is 83.1 Å². The highest BCUT2D eigenvalue weighted by Gasteiger charge is 2.15. The van der Waals surface area contributed by atoms with Gasteiger partial charge in [-0.2, -0.15) is 5.10 Å². The summed E-state index contributed by atoms with van der Waals surface area (Å²) in [7, 11) is 1.76. The van der Waals surface area contributed by atoms with Gasteiger partial charge in [0.15, 0.2) is 0 Å². The summed E-state index contributed by atoms with van der Waals surface area (Å²) in [6.07, 6.45) is 3.69. The van der Waals surface area contributed by atoms with Gasteiger partial charge in [-0.05, 0) is 24.3 Å². The number of carbonyl (C=O) groups excluding carboxylic acids is 1. The van der Waals surface area contributed by atoms with Gasteiger partial charge in [0.2, 0.25) is 0 Å². The van der Waals surface area contributed by atoms with Gasteiger partial charge in [-0.3, -0.25) is 4.79 Å². The molecule has 0 unspecified atom stereocenters. The van der Waals surface area contributed by atoms with E-state index < -0.39 is 0 Å². The molecule has 23 heavy (non-hydrogen) atoms. The molecule has 1 heterocycles. The van der Waals surface area contributed by atoms with Gasteiger partial charge >= 0.3 is 0 Å². The van der Waals surface area contributed by atoms with Crippen molar-refractivity contribution < 1.29 is 4.79 Å². The van der Waals surface area contributed by atoms with Crippen molar-refractivity contribution >= 4 is 17.5 Å². The Morgan fingerprint density at radius 1 is 1.13 bits per heavy atom. The molecule has 0 saturated heterocycles. The monoisotopic (exact) mass is 325 g/mol. The van der Waals surface area contributed by atoms with E-state index in [1.165, 1.54) is 0 Å². The molecule has 1 aromatic heterocycles. The van der Waals surface area contributed by atoms with Crippen molar-refractivity contribution in [2.75, 3.05) is 7.05 Å². The van der Waals surface area contributed by atoms with Crippen molar-refractivity contribution in [1.82, 2.24) is 14.7 Å². The van der Waals surface area contributed by atoms with Crippen LogP contribution in [-0.2, 0) is 6.54 Å². The molecule has 0 fully saturated rings. The Labute approximate surface area is 139 Å². The third-order valence-electron chi connectivity index (χ3n) is 3.53. The maximum absolute atomic E-state index is 12.5. The van der Waals surface area contributed by atoms with Crippen molar-refractivity contribution in [1.29, 1.82) is 0 Å². The largest absolute Gasteiger partial charge is 0.337 e. The first-order valence-corrected chi connectivity index (χ1v) is 7.62. The van der Waals surface area contributed by atoms with Crippen molar-refractivity contribution in [2.24, 2.45) is 0 Å². The molecule has 0 bridgehead atoms. The Kier molecular flexibility index (Phi) is 4.44. The second-order valence-electron chi connectivity index (χ2n) is 5.27. The SMILES string of the molecule is CN(Cc1cnn(-c2ccccc2)c1)C(=O)c1ccccc1Cl. The highest BCUT2D eigenvalue weighted by Crippen LogP contribution is 2.18. The van der Waals surface area contributed by atoms with Crippen LogP contribution in [0.25, 0.3) is 5.69 Å². The Morgan fingerprint density at radius 3 is 2.57 bits per heavy atom. The van der Waals surface area contributed by atoms with Crippen LogP contribution >= 0.6 is 11.6 Å². The molecule has 0 aliphatic carbocycles. The van der Waals surface area contributed by atoms with E-state index in [4.69, 9.17) is 11.6 Å². The first-order chi connectivity index (χ1) is 11.1. The fourth-order valence-corrected chi connectivity index (χ4v) is 2.57. The summed E-state index contributed by atoms with van der Waals surface area (Å²) in [6, 6.07) is 16.9. The van der Waals surface area contributed by atoms with Gasteiger partial charge in [-0.1, -0.05) is 41.9 Å². The number of carbonyl (C=O) groups is 1. The zero-order chi connectivity index (χ0) is 16.2. The number of hydrogen-bond donors (Lipinski definition) is 0. The van der Waals surface area contributed by atoms with Crippen LogP contribution in [0.2, 0.25) is 5.02 Å². The van der Waals surface area contributed by atoms with E-state index in [9.17, 15) is 4.79 Å². The Balaban J connectivity index is 1.74. The molecule has 116 valence electrons. The van der Waals surface area contributed by atoms with Crippen LogP contribution in [0.3, 0.4) is 0 Å². The fourth-order valence-electron chi connectivity index (χ4n) is 2.35. The number of benzene rings is 2. The minimum absolute atomic E-state index is 0.108. The van der Waals surface area contributed by atoms with Gasteiger partial charge < -0.3 is 4.90 Å². The minimum atomic E-state index is -0.108. The van der Waals surface area contributed by atoms with Crippen LogP contribution < -0.4 is 0 Å². The lowest BCUT2D eigenvalue weighted by molar-refractivity contribution is 0.0785. The first-order valence-electron chi connectivity index (χ1n) is 7.24. The van der Waals surface area contributed by atoms with E-state index in [2.05, 4.69) is 5.10 Å². The average molecular weight is 326 g/mol. The lowest BCUT2D eigenvalue weighted by atomic mass is 10.2. The van der Waals surface area contributed by atoms with E-state index in [0.717, 1.165) is 11.3 Å². The van der Waals surface area contributed by atoms with E-state index in [1.54, 1.807) is 41.0 Å². The second-order valence-corrected chi connectivity index (χ2v) is 5.68. The van der Waals surface area contributed by atoms with Gasteiger partial charge in [0.25, 0.3) is 5.91 Å². The predicted octanol–water partition coefficient (Wildman–Crippen LogP) is 3.80. The topological polar surface area (TPSA) is 38.1 Å². The molecule has 0 radical (unpaired) electrons. The maximum atomic E-state index is 12.5. The van der Waals surface area contributed by atoms with Crippen LogP contribution in [0.15, 0.2) is 67.0 Å². The summed E-state index contributed by atoms with van der Waals surface area (Å²) in [5.74, 6) is -0.108. The van der Waals surface area contributed by atoms with Crippen LogP contribution in [-0.4, -0.2) is 27.6 Å². The molecule has 0 aliphatic heterocycles. The van der Waals surface area contributed by atoms with Crippen LogP contribution in [0.5, 0.6) is 0 Å². The zero-order valence-electron chi connectivity index (χ0n) is 12.7. The van der Waals surface area contributed by atoms with Gasteiger partial charge in [-0.15, -0.1) is 0 Å². The van der Waals surface area contributed by atoms with E-state index in [-0.39, 0.29) is 5.91 Å². The second kappa shape index (κ2) is 6.67. The summed E-state index contributed by atoms with van der Waals surface area (Å²) < 4.78 is 1.79. The third kappa shape index (κ3) is 3.43. The summed E-state index contributed by atoms with van der Waals surface area (Å²) in [6.45, 7) is 0.469.